The molecule has 4 nitrogen and oxygen atoms in total. The van der Waals surface area contributed by atoms with Gasteiger partial charge in [-0.3, -0.25) is 4.72 Å². The molecular formula is C13H12BrFN2O2S. The van der Waals surface area contributed by atoms with E-state index in [0.29, 0.717) is 5.69 Å². The molecule has 7 heteroatoms. The number of rotatable bonds is 3. The number of benzene rings is 2. The Morgan fingerprint density at radius 3 is 2.55 bits per heavy atom. The summed E-state index contributed by atoms with van der Waals surface area (Å²) in [7, 11) is -3.94. The van der Waals surface area contributed by atoms with E-state index in [1.165, 1.54) is 6.07 Å². The Morgan fingerprint density at radius 2 is 1.90 bits per heavy atom. The molecule has 2 aromatic rings. The summed E-state index contributed by atoms with van der Waals surface area (Å²) in [6, 6.07) is 8.34. The summed E-state index contributed by atoms with van der Waals surface area (Å²) in [6.07, 6.45) is 0. The molecule has 0 aliphatic carbocycles. The third kappa shape index (κ3) is 3.29. The highest BCUT2D eigenvalue weighted by molar-refractivity contribution is 9.10. The standard InChI is InChI=1S/C13H12BrFN2O2S/c1-8-4-9(14)6-11(5-8)17-20(18,19)13-7-10(15)2-3-12(13)16/h2-7,17H,16H2,1H3. The number of sulfonamides is 1. The molecule has 0 saturated carbocycles. The van der Waals surface area contributed by atoms with Gasteiger partial charge in [-0.15, -0.1) is 0 Å². The maximum atomic E-state index is 13.2. The highest BCUT2D eigenvalue weighted by atomic mass is 79.9. The lowest BCUT2D eigenvalue weighted by atomic mass is 10.2. The summed E-state index contributed by atoms with van der Waals surface area (Å²) < 4.78 is 40.8. The first-order valence-corrected chi connectivity index (χ1v) is 7.90. The number of halogens is 2. The lowest BCUT2D eigenvalue weighted by molar-refractivity contribution is 0.596. The highest BCUT2D eigenvalue weighted by Crippen LogP contribution is 2.25. The SMILES string of the molecule is Cc1cc(Br)cc(NS(=O)(=O)c2cc(F)ccc2N)c1. The molecule has 106 valence electrons. The lowest BCUT2D eigenvalue weighted by Crippen LogP contribution is -2.15. The molecule has 0 unspecified atom stereocenters. The molecule has 0 spiro atoms. The molecular weight excluding hydrogens is 347 g/mol. The Morgan fingerprint density at radius 1 is 1.20 bits per heavy atom. The minimum atomic E-state index is -3.94. The first-order valence-electron chi connectivity index (χ1n) is 5.63. The second kappa shape index (κ2) is 5.41. The molecule has 2 aromatic carbocycles. The Bertz CT molecular complexity index is 743. The molecule has 0 amide bonds. The Balaban J connectivity index is 2.43. The van der Waals surface area contributed by atoms with E-state index in [9.17, 15) is 12.8 Å². The van der Waals surface area contributed by atoms with Crippen LogP contribution in [0, 0.1) is 12.7 Å². The van der Waals surface area contributed by atoms with Crippen molar-refractivity contribution in [3.8, 4) is 0 Å². The average Bonchev–Trinajstić information content (AvgIpc) is 2.30. The molecule has 0 aliphatic heterocycles. The number of nitrogens with one attached hydrogen (secondary N) is 1. The number of hydrogen-bond acceptors (Lipinski definition) is 3. The van der Waals surface area contributed by atoms with Gasteiger partial charge in [0.1, 0.15) is 10.7 Å². The van der Waals surface area contributed by atoms with Crippen LogP contribution in [0.5, 0.6) is 0 Å². The molecule has 0 aliphatic rings. The summed E-state index contributed by atoms with van der Waals surface area (Å²) in [5.41, 5.74) is 6.84. The van der Waals surface area contributed by atoms with Crippen molar-refractivity contribution in [2.75, 3.05) is 10.5 Å². The van der Waals surface area contributed by atoms with Crippen LogP contribution in [-0.4, -0.2) is 8.42 Å². The van der Waals surface area contributed by atoms with Gasteiger partial charge in [-0.05, 0) is 48.9 Å². The minimum absolute atomic E-state index is 0.00869. The second-order valence-corrected chi connectivity index (χ2v) is 6.87. The van der Waals surface area contributed by atoms with Gasteiger partial charge in [0.05, 0.1) is 11.4 Å². The van der Waals surface area contributed by atoms with Gasteiger partial charge in [0.2, 0.25) is 0 Å². The Hall–Kier alpha value is -1.60. The number of nitrogen functional groups attached to an aromatic ring is 1. The van der Waals surface area contributed by atoms with Gasteiger partial charge in [0.25, 0.3) is 10.0 Å². The number of aryl methyl sites for hydroxylation is 1. The molecule has 0 heterocycles. The van der Waals surface area contributed by atoms with E-state index < -0.39 is 15.8 Å². The molecule has 2 rings (SSSR count). The zero-order valence-corrected chi connectivity index (χ0v) is 12.9. The summed E-state index contributed by atoms with van der Waals surface area (Å²) >= 11 is 3.28. The topological polar surface area (TPSA) is 72.2 Å². The monoisotopic (exact) mass is 358 g/mol. The quantitative estimate of drug-likeness (QED) is 0.827. The van der Waals surface area contributed by atoms with E-state index >= 15 is 0 Å². The fraction of sp³-hybridized carbons (Fsp3) is 0.0769. The number of nitrogens with two attached hydrogens (primary N) is 1. The highest BCUT2D eigenvalue weighted by Gasteiger charge is 2.18. The smallest absolute Gasteiger partial charge is 0.264 e. The predicted molar refractivity (Wildman–Crippen MR) is 80.5 cm³/mol. The van der Waals surface area contributed by atoms with Gasteiger partial charge < -0.3 is 5.73 Å². The van der Waals surface area contributed by atoms with Crippen molar-refractivity contribution < 1.29 is 12.8 Å². The summed E-state index contributed by atoms with van der Waals surface area (Å²) in [4.78, 5) is -0.282. The fourth-order valence-corrected chi connectivity index (χ4v) is 3.54. The average molecular weight is 359 g/mol. The molecule has 0 aromatic heterocycles. The van der Waals surface area contributed by atoms with Crippen LogP contribution in [0.1, 0.15) is 5.56 Å². The van der Waals surface area contributed by atoms with Crippen molar-refractivity contribution in [1.82, 2.24) is 0 Å². The first kappa shape index (κ1) is 14.8. The van der Waals surface area contributed by atoms with Crippen LogP contribution in [-0.2, 0) is 10.0 Å². The van der Waals surface area contributed by atoms with E-state index in [0.717, 1.165) is 22.2 Å². The van der Waals surface area contributed by atoms with E-state index in [1.54, 1.807) is 12.1 Å². The van der Waals surface area contributed by atoms with Crippen LogP contribution in [0.25, 0.3) is 0 Å². The van der Waals surface area contributed by atoms with E-state index in [1.807, 2.05) is 13.0 Å². The van der Waals surface area contributed by atoms with Gasteiger partial charge in [-0.25, -0.2) is 12.8 Å². The third-order valence-corrected chi connectivity index (χ3v) is 4.45. The van der Waals surface area contributed by atoms with Crippen molar-refractivity contribution in [3.63, 3.8) is 0 Å². The van der Waals surface area contributed by atoms with Crippen LogP contribution in [0.4, 0.5) is 15.8 Å². The maximum Gasteiger partial charge on any atom is 0.264 e. The molecule has 0 bridgehead atoms. The van der Waals surface area contributed by atoms with E-state index in [2.05, 4.69) is 20.7 Å². The first-order chi connectivity index (χ1) is 9.28. The molecule has 3 N–H and O–H groups in total. The zero-order chi connectivity index (χ0) is 14.9. The molecule has 0 fully saturated rings. The normalized spacial score (nSPS) is 11.3. The second-order valence-electron chi connectivity index (χ2n) is 4.30. The predicted octanol–water partition coefficient (Wildman–Crippen LogP) is 3.28. The lowest BCUT2D eigenvalue weighted by Gasteiger charge is -2.11. The third-order valence-electron chi connectivity index (χ3n) is 2.56. The van der Waals surface area contributed by atoms with Gasteiger partial charge in [-0.2, -0.15) is 0 Å². The van der Waals surface area contributed by atoms with Crippen molar-refractivity contribution >= 4 is 37.3 Å². The van der Waals surface area contributed by atoms with Crippen LogP contribution >= 0.6 is 15.9 Å². The van der Waals surface area contributed by atoms with E-state index in [4.69, 9.17) is 5.73 Å². The number of anilines is 2. The van der Waals surface area contributed by atoms with Crippen molar-refractivity contribution in [1.29, 1.82) is 0 Å². The molecule has 0 saturated heterocycles. The minimum Gasteiger partial charge on any atom is -0.398 e. The fourth-order valence-electron chi connectivity index (χ4n) is 1.75. The van der Waals surface area contributed by atoms with Crippen LogP contribution in [0.2, 0.25) is 0 Å². The number of hydrogen-bond donors (Lipinski definition) is 2. The maximum absolute atomic E-state index is 13.2. The van der Waals surface area contributed by atoms with Crippen LogP contribution in [0.3, 0.4) is 0 Å². The van der Waals surface area contributed by atoms with Crippen molar-refractivity contribution in [3.05, 3.63) is 52.3 Å². The van der Waals surface area contributed by atoms with Gasteiger partial charge >= 0.3 is 0 Å². The van der Waals surface area contributed by atoms with Gasteiger partial charge in [-0.1, -0.05) is 15.9 Å². The summed E-state index contributed by atoms with van der Waals surface area (Å²) in [6.45, 7) is 1.83. The zero-order valence-electron chi connectivity index (χ0n) is 10.5. The van der Waals surface area contributed by atoms with E-state index in [-0.39, 0.29) is 10.6 Å². The van der Waals surface area contributed by atoms with Gasteiger partial charge in [0.15, 0.2) is 0 Å². The largest absolute Gasteiger partial charge is 0.398 e. The Labute approximate surface area is 125 Å². The van der Waals surface area contributed by atoms with Crippen molar-refractivity contribution in [2.24, 2.45) is 0 Å². The Kier molecular flexibility index (Phi) is 4.01. The van der Waals surface area contributed by atoms with Crippen molar-refractivity contribution in [2.45, 2.75) is 11.8 Å². The van der Waals surface area contributed by atoms with Gasteiger partial charge in [0, 0.05) is 4.47 Å². The molecule has 0 atom stereocenters. The van der Waals surface area contributed by atoms with Crippen LogP contribution < -0.4 is 10.5 Å². The molecule has 20 heavy (non-hydrogen) atoms. The summed E-state index contributed by atoms with van der Waals surface area (Å²) in [5.74, 6) is -0.662. The van der Waals surface area contributed by atoms with Crippen LogP contribution in [0.15, 0.2) is 45.8 Å². The molecule has 0 radical (unpaired) electrons. The summed E-state index contributed by atoms with van der Waals surface area (Å²) in [5, 5.41) is 0.